The summed E-state index contributed by atoms with van der Waals surface area (Å²) in [7, 11) is 0. The highest BCUT2D eigenvalue weighted by Crippen LogP contribution is 2.51. The van der Waals surface area contributed by atoms with Gasteiger partial charge in [-0.1, -0.05) is 29.3 Å². The molecule has 7 nitrogen and oxygen atoms in total. The molecular weight excluding hydrogens is 555 g/mol. The van der Waals surface area contributed by atoms with Crippen LogP contribution in [0.2, 0.25) is 10.0 Å². The van der Waals surface area contributed by atoms with Crippen molar-refractivity contribution in [2.75, 3.05) is 26.2 Å². The highest BCUT2D eigenvalue weighted by molar-refractivity contribution is 6.42. The Kier molecular flexibility index (Phi) is 6.18. The van der Waals surface area contributed by atoms with Crippen molar-refractivity contribution in [2.24, 2.45) is 5.41 Å². The number of hydrogen-bond donors (Lipinski definition) is 0. The number of hydrogen-bond acceptors (Lipinski definition) is 5. The number of likely N-dealkylation sites (tertiary alicyclic amines) is 2. The van der Waals surface area contributed by atoms with Gasteiger partial charge in [0.1, 0.15) is 0 Å². The van der Waals surface area contributed by atoms with Crippen LogP contribution in [0.1, 0.15) is 23.3 Å². The molecule has 0 N–H and O–H groups in total. The maximum Gasteiger partial charge on any atom is 0.471 e. The first-order valence-electron chi connectivity index (χ1n) is 9.85. The van der Waals surface area contributed by atoms with E-state index in [9.17, 15) is 44.7 Å². The van der Waals surface area contributed by atoms with Crippen LogP contribution in [0.25, 0.3) is 0 Å². The van der Waals surface area contributed by atoms with E-state index in [1.807, 2.05) is 0 Å². The van der Waals surface area contributed by atoms with Gasteiger partial charge in [0, 0.05) is 37.2 Å². The Morgan fingerprint density at radius 3 is 2.00 bits per heavy atom. The van der Waals surface area contributed by atoms with E-state index in [0.717, 1.165) is 18.2 Å². The molecule has 1 unspecified atom stereocenters. The Hall–Kier alpha value is -2.68. The summed E-state index contributed by atoms with van der Waals surface area (Å²) in [5.41, 5.74) is -2.25. The van der Waals surface area contributed by atoms with E-state index in [0.29, 0.717) is 9.80 Å². The van der Waals surface area contributed by atoms with Gasteiger partial charge in [-0.15, -0.1) is 10.2 Å². The third-order valence-electron chi connectivity index (χ3n) is 6.01. The second kappa shape index (κ2) is 8.43. The van der Waals surface area contributed by atoms with Gasteiger partial charge in [-0.05, 0) is 12.1 Å². The fraction of sp³-hybridized carbons (Fsp3) is 0.474. The van der Waals surface area contributed by atoms with E-state index in [-0.39, 0.29) is 10.0 Å². The van der Waals surface area contributed by atoms with Gasteiger partial charge < -0.3 is 14.2 Å². The first kappa shape index (κ1) is 26.4. The van der Waals surface area contributed by atoms with E-state index in [2.05, 4.69) is 10.2 Å². The third-order valence-corrected chi connectivity index (χ3v) is 6.75. The molecule has 3 heterocycles. The number of amides is 2. The van der Waals surface area contributed by atoms with Gasteiger partial charge in [0.05, 0.1) is 16.0 Å². The number of carbonyl (C=O) groups is 2. The molecule has 2 amide bonds. The van der Waals surface area contributed by atoms with Crippen LogP contribution >= 0.6 is 23.2 Å². The van der Waals surface area contributed by atoms with Crippen LogP contribution in [-0.2, 0) is 15.5 Å². The molecule has 1 aromatic carbocycles. The molecule has 1 spiro atoms. The average Bonchev–Trinajstić information content (AvgIpc) is 3.37. The molecule has 2 aliphatic heterocycles. The summed E-state index contributed by atoms with van der Waals surface area (Å²) in [5.74, 6) is -11.7. The lowest BCUT2D eigenvalue weighted by atomic mass is 9.71. The van der Waals surface area contributed by atoms with E-state index in [4.69, 9.17) is 27.6 Å². The molecule has 36 heavy (non-hydrogen) atoms. The summed E-state index contributed by atoms with van der Waals surface area (Å²) in [4.78, 5) is 23.9. The maximum absolute atomic E-state index is 15.0. The average molecular weight is 567 g/mol. The minimum atomic E-state index is -5.30. The van der Waals surface area contributed by atoms with Gasteiger partial charge in [0.15, 0.2) is 0 Å². The number of nitrogens with zero attached hydrogens (tertiary/aromatic N) is 4. The highest BCUT2D eigenvalue weighted by Gasteiger charge is 2.63. The van der Waals surface area contributed by atoms with Crippen LogP contribution in [0.3, 0.4) is 0 Å². The van der Waals surface area contributed by atoms with Crippen molar-refractivity contribution >= 4 is 35.0 Å². The quantitative estimate of drug-likeness (QED) is 0.515. The second-order valence-corrected chi connectivity index (χ2v) is 9.22. The Balaban J connectivity index is 1.65. The molecular formula is C19H12Cl2F8N4O3. The lowest BCUT2D eigenvalue weighted by Crippen LogP contribution is -2.64. The summed E-state index contributed by atoms with van der Waals surface area (Å²) in [6.07, 6.45) is -10.5. The molecule has 196 valence electrons. The smallest absolute Gasteiger partial charge is 0.419 e. The second-order valence-electron chi connectivity index (χ2n) is 8.41. The minimum absolute atomic E-state index is 0.0207. The van der Waals surface area contributed by atoms with Crippen LogP contribution in [-0.4, -0.2) is 70.3 Å². The number of benzene rings is 1. The normalized spacial score (nSPS) is 20.1. The van der Waals surface area contributed by atoms with Gasteiger partial charge >= 0.3 is 30.1 Å². The topological polar surface area (TPSA) is 79.5 Å². The van der Waals surface area contributed by atoms with Gasteiger partial charge in [-0.25, -0.2) is 0 Å². The summed E-state index contributed by atoms with van der Waals surface area (Å²) in [6.45, 7) is -2.89. The summed E-state index contributed by atoms with van der Waals surface area (Å²) in [6, 6.07) is 2.84. The lowest BCUT2D eigenvalue weighted by Gasteiger charge is -2.49. The minimum Gasteiger partial charge on any atom is -0.419 e. The zero-order valence-corrected chi connectivity index (χ0v) is 18.9. The maximum atomic E-state index is 15.0. The van der Waals surface area contributed by atoms with Crippen LogP contribution in [0, 0.1) is 5.41 Å². The molecule has 0 bridgehead atoms. The summed E-state index contributed by atoms with van der Waals surface area (Å²) >= 11 is 11.5. The number of carbonyl (C=O) groups excluding carboxylic acids is 2. The predicted molar refractivity (Wildman–Crippen MR) is 104 cm³/mol. The van der Waals surface area contributed by atoms with Crippen molar-refractivity contribution in [3.63, 3.8) is 0 Å². The highest BCUT2D eigenvalue weighted by atomic mass is 35.5. The monoisotopic (exact) mass is 566 g/mol. The van der Waals surface area contributed by atoms with Crippen molar-refractivity contribution in [1.29, 1.82) is 0 Å². The number of alkyl halides is 8. The van der Waals surface area contributed by atoms with Gasteiger partial charge in [-0.2, -0.15) is 35.1 Å². The SMILES string of the molecule is O=C(N1CC(c2nnc(C(F)(F)c3ccc(Cl)c(Cl)c3)o2)C2(C1)CN(C(=O)C(F)(F)F)C2)C(F)(F)F. The Labute approximate surface area is 205 Å². The van der Waals surface area contributed by atoms with Gasteiger partial charge in [0.25, 0.3) is 5.89 Å². The Morgan fingerprint density at radius 1 is 0.889 bits per heavy atom. The van der Waals surface area contributed by atoms with E-state index in [1.165, 1.54) is 0 Å². The van der Waals surface area contributed by atoms with Gasteiger partial charge in [0.2, 0.25) is 5.89 Å². The van der Waals surface area contributed by atoms with Crippen molar-refractivity contribution in [2.45, 2.75) is 24.2 Å². The molecule has 17 heteroatoms. The third kappa shape index (κ3) is 4.46. The van der Waals surface area contributed by atoms with Crippen molar-refractivity contribution < 1.29 is 49.1 Å². The van der Waals surface area contributed by atoms with E-state index >= 15 is 0 Å². The number of aromatic nitrogens is 2. The summed E-state index contributed by atoms with van der Waals surface area (Å²) in [5, 5.41) is 6.51. The molecule has 1 aromatic heterocycles. The molecule has 0 aliphatic carbocycles. The summed E-state index contributed by atoms with van der Waals surface area (Å²) < 4.78 is 112. The molecule has 2 fully saturated rings. The van der Waals surface area contributed by atoms with Gasteiger partial charge in [-0.3, -0.25) is 9.59 Å². The molecule has 0 radical (unpaired) electrons. The zero-order chi connectivity index (χ0) is 26.8. The lowest BCUT2D eigenvalue weighted by molar-refractivity contribution is -0.197. The van der Waals surface area contributed by atoms with E-state index < -0.39 is 84.9 Å². The molecule has 2 aromatic rings. The molecule has 2 saturated heterocycles. The number of halogens is 10. The van der Waals surface area contributed by atoms with Crippen LogP contribution in [0.5, 0.6) is 0 Å². The Bertz CT molecular complexity index is 1210. The fourth-order valence-electron chi connectivity index (χ4n) is 4.32. The van der Waals surface area contributed by atoms with E-state index in [1.54, 1.807) is 0 Å². The molecule has 2 aliphatic rings. The first-order valence-corrected chi connectivity index (χ1v) is 10.6. The number of rotatable bonds is 3. The fourth-order valence-corrected chi connectivity index (χ4v) is 4.62. The van der Waals surface area contributed by atoms with Crippen LogP contribution in [0.4, 0.5) is 35.1 Å². The predicted octanol–water partition coefficient (Wildman–Crippen LogP) is 4.40. The molecule has 0 saturated carbocycles. The van der Waals surface area contributed by atoms with Crippen molar-refractivity contribution in [1.82, 2.24) is 20.0 Å². The Morgan fingerprint density at radius 2 is 1.44 bits per heavy atom. The van der Waals surface area contributed by atoms with Crippen molar-refractivity contribution in [3.05, 3.63) is 45.6 Å². The molecule has 4 rings (SSSR count). The largest absolute Gasteiger partial charge is 0.471 e. The van der Waals surface area contributed by atoms with Crippen LogP contribution in [0.15, 0.2) is 22.6 Å². The van der Waals surface area contributed by atoms with Crippen LogP contribution < -0.4 is 0 Å². The molecule has 1 atom stereocenters. The van der Waals surface area contributed by atoms with Crippen molar-refractivity contribution in [3.8, 4) is 0 Å². The zero-order valence-electron chi connectivity index (χ0n) is 17.4. The standard InChI is InChI=1S/C19H12Cl2F8N4O3/c20-10-2-1-8(3-11(10)21)17(22,23)13-31-30-12(36-13)9-4-32(14(34)18(24,25)26)5-16(9)6-33(7-16)15(35)19(27,28)29/h1-3,9H,4-7H2. The first-order chi connectivity index (χ1) is 16.5.